The van der Waals surface area contributed by atoms with Gasteiger partial charge >= 0.3 is 0 Å². The lowest BCUT2D eigenvalue weighted by Crippen LogP contribution is -2.08. The Hall–Kier alpha value is -0.610. The van der Waals surface area contributed by atoms with Crippen LogP contribution in [-0.4, -0.2) is 0 Å². The van der Waals surface area contributed by atoms with Crippen molar-refractivity contribution < 1.29 is 8.78 Å². The Morgan fingerprint density at radius 3 is 2.38 bits per heavy atom. The van der Waals surface area contributed by atoms with Crippen molar-refractivity contribution in [3.8, 4) is 0 Å². The minimum Gasteiger partial charge on any atom is -0.324 e. The first-order valence-corrected chi connectivity index (χ1v) is 3.85. The second-order valence-corrected chi connectivity index (χ2v) is 2.69. The normalized spacial score (nSPS) is 12.0. The second-order valence-electron chi connectivity index (χ2n) is 2.69. The van der Waals surface area contributed by atoms with Gasteiger partial charge in [0.1, 0.15) is 0 Å². The third-order valence-electron chi connectivity index (χ3n) is 1.81. The van der Waals surface area contributed by atoms with E-state index in [9.17, 15) is 8.78 Å². The van der Waals surface area contributed by atoms with Crippen molar-refractivity contribution in [2.45, 2.75) is 19.4 Å². The van der Waals surface area contributed by atoms with E-state index in [1.54, 1.807) is 0 Å². The molecule has 4 heteroatoms. The van der Waals surface area contributed by atoms with E-state index in [2.05, 4.69) is 0 Å². The lowest BCUT2D eigenvalue weighted by Gasteiger charge is -2.08. The van der Waals surface area contributed by atoms with Crippen LogP contribution in [0, 0.1) is 11.6 Å². The molecule has 0 heterocycles. The van der Waals surface area contributed by atoms with E-state index in [4.69, 9.17) is 5.73 Å². The first-order chi connectivity index (χ1) is 5.65. The maximum Gasteiger partial charge on any atom is 0.159 e. The Labute approximate surface area is 83.4 Å². The van der Waals surface area contributed by atoms with Crippen LogP contribution in [0.4, 0.5) is 8.78 Å². The molecule has 1 atom stereocenters. The molecule has 1 aromatic carbocycles. The molecule has 0 aliphatic heterocycles. The molecule has 0 aliphatic carbocycles. The fourth-order valence-electron chi connectivity index (χ4n) is 0.979. The molecule has 0 amide bonds. The van der Waals surface area contributed by atoms with Crippen LogP contribution in [0.15, 0.2) is 18.2 Å². The number of rotatable bonds is 2. The maximum absolute atomic E-state index is 12.6. The van der Waals surface area contributed by atoms with Gasteiger partial charge in [-0.05, 0) is 24.1 Å². The molecule has 2 N–H and O–H groups in total. The number of hydrogen-bond donors (Lipinski definition) is 1. The zero-order chi connectivity index (χ0) is 9.14. The van der Waals surface area contributed by atoms with Crippen molar-refractivity contribution in [1.29, 1.82) is 0 Å². The van der Waals surface area contributed by atoms with Crippen molar-refractivity contribution in [3.05, 3.63) is 35.4 Å². The topological polar surface area (TPSA) is 26.0 Å². The number of benzene rings is 1. The molecular weight excluding hydrogens is 192 g/mol. The molecule has 0 aromatic heterocycles. The molecule has 1 rings (SSSR count). The lowest BCUT2D eigenvalue weighted by atomic mass is 10.1. The van der Waals surface area contributed by atoms with Crippen molar-refractivity contribution in [2.24, 2.45) is 5.73 Å². The highest BCUT2D eigenvalue weighted by Gasteiger charge is 2.06. The predicted molar refractivity (Wildman–Crippen MR) is 54.0 cm³/mol. The van der Waals surface area contributed by atoms with Crippen LogP contribution in [0.5, 0.6) is 0 Å². The Balaban J connectivity index is 0.00000144. The summed E-state index contributed by atoms with van der Waals surface area (Å²) in [6.45, 7) is 1.89. The fraction of sp³-hybridized carbons (Fsp3) is 0.333. The molecule has 1 nitrogen and oxygen atoms in total. The van der Waals surface area contributed by atoms with E-state index < -0.39 is 11.6 Å². The predicted octanol–water partition coefficient (Wildman–Crippen LogP) is 2.49. The fourth-order valence-corrected chi connectivity index (χ4v) is 0.979. The molecule has 0 saturated carbocycles. The van der Waals surface area contributed by atoms with E-state index in [1.807, 2.05) is 6.92 Å². The summed E-state index contributed by atoms with van der Waals surface area (Å²) < 4.78 is 25.1. The summed E-state index contributed by atoms with van der Waals surface area (Å²) in [5, 5.41) is 0. The zero-order valence-corrected chi connectivity index (χ0v) is 8.35. The van der Waals surface area contributed by atoms with Gasteiger partial charge in [0.25, 0.3) is 0 Å². The van der Waals surface area contributed by atoms with Gasteiger partial charge < -0.3 is 5.73 Å². The third-order valence-corrected chi connectivity index (χ3v) is 1.81. The summed E-state index contributed by atoms with van der Waals surface area (Å²) in [5.74, 6) is -1.67. The molecule has 0 radical (unpaired) electrons. The van der Waals surface area contributed by atoms with E-state index >= 15 is 0 Å². The van der Waals surface area contributed by atoms with E-state index in [0.29, 0.717) is 12.0 Å². The van der Waals surface area contributed by atoms with Crippen molar-refractivity contribution in [3.63, 3.8) is 0 Å². The van der Waals surface area contributed by atoms with Crippen LogP contribution in [0.25, 0.3) is 0 Å². The average molecular weight is 205 g/mol. The minimum atomic E-state index is -0.837. The van der Waals surface area contributed by atoms with E-state index in [0.717, 1.165) is 12.1 Å². The van der Waals surface area contributed by atoms with Gasteiger partial charge in [-0.25, -0.2) is 8.78 Å². The van der Waals surface area contributed by atoms with Crippen LogP contribution in [0.3, 0.4) is 0 Å². The summed E-state index contributed by atoms with van der Waals surface area (Å²) in [7, 11) is 0. The summed E-state index contributed by atoms with van der Waals surface area (Å²) in [4.78, 5) is 0. The Kier molecular flexibility index (Phi) is 4.95. The maximum atomic E-state index is 12.6. The molecule has 0 unspecified atom stereocenters. The van der Waals surface area contributed by atoms with Gasteiger partial charge in [0.05, 0.1) is 0 Å². The summed E-state index contributed by atoms with van der Waals surface area (Å²) in [6, 6.07) is 3.54. The summed E-state index contributed by atoms with van der Waals surface area (Å²) >= 11 is 0. The van der Waals surface area contributed by atoms with Gasteiger partial charge in [-0.2, -0.15) is 13.5 Å². The highest BCUT2D eigenvalue weighted by molar-refractivity contribution is 7.59. The van der Waals surface area contributed by atoms with Crippen molar-refractivity contribution in [2.75, 3.05) is 0 Å². The molecule has 0 spiro atoms. The highest BCUT2D eigenvalue weighted by atomic mass is 32.1. The average Bonchev–Trinajstić information content (AvgIpc) is 2.08. The second kappa shape index (κ2) is 5.19. The first kappa shape index (κ1) is 12.4. The monoisotopic (exact) mass is 205 g/mol. The summed E-state index contributed by atoms with van der Waals surface area (Å²) in [5.41, 5.74) is 6.26. The standard InChI is InChI=1S/C9H11F2N.H2S/c1-2-9(12)6-3-4-7(10)8(11)5-6;/h3-5,9H,2,12H2,1H3;1H2/t9-;/m0./s1. The Bertz CT molecular complexity index is 278. The molecule has 1 aromatic rings. The Morgan fingerprint density at radius 2 is 1.92 bits per heavy atom. The van der Waals surface area contributed by atoms with Crippen molar-refractivity contribution >= 4 is 13.5 Å². The Morgan fingerprint density at radius 1 is 1.31 bits per heavy atom. The van der Waals surface area contributed by atoms with Crippen molar-refractivity contribution in [1.82, 2.24) is 0 Å². The van der Waals surface area contributed by atoms with Gasteiger partial charge in [0.2, 0.25) is 0 Å². The smallest absolute Gasteiger partial charge is 0.159 e. The lowest BCUT2D eigenvalue weighted by molar-refractivity contribution is 0.504. The van der Waals surface area contributed by atoms with Gasteiger partial charge in [0.15, 0.2) is 11.6 Å². The van der Waals surface area contributed by atoms with E-state index in [1.165, 1.54) is 6.07 Å². The molecule has 13 heavy (non-hydrogen) atoms. The molecule has 0 fully saturated rings. The SMILES string of the molecule is CC[C@H](N)c1ccc(F)c(F)c1.S. The van der Waals surface area contributed by atoms with Gasteiger partial charge in [0, 0.05) is 6.04 Å². The molecule has 74 valence electrons. The minimum absolute atomic E-state index is 0. The van der Waals surface area contributed by atoms with E-state index in [-0.39, 0.29) is 19.5 Å². The van der Waals surface area contributed by atoms with Crippen LogP contribution >= 0.6 is 13.5 Å². The quantitative estimate of drug-likeness (QED) is 0.788. The molecule has 0 saturated heterocycles. The largest absolute Gasteiger partial charge is 0.324 e. The molecule has 0 aliphatic rings. The van der Waals surface area contributed by atoms with Gasteiger partial charge in [-0.3, -0.25) is 0 Å². The first-order valence-electron chi connectivity index (χ1n) is 3.85. The number of halogens is 2. The molecular formula is C9H13F2NS. The van der Waals surface area contributed by atoms with Crippen LogP contribution in [0.1, 0.15) is 24.9 Å². The van der Waals surface area contributed by atoms with Gasteiger partial charge in [-0.1, -0.05) is 13.0 Å². The highest BCUT2D eigenvalue weighted by Crippen LogP contribution is 2.16. The number of hydrogen-bond acceptors (Lipinski definition) is 1. The number of nitrogens with two attached hydrogens (primary N) is 1. The van der Waals surface area contributed by atoms with Crippen LogP contribution in [-0.2, 0) is 0 Å². The van der Waals surface area contributed by atoms with Gasteiger partial charge in [-0.15, -0.1) is 0 Å². The molecule has 0 bridgehead atoms. The van der Waals surface area contributed by atoms with Crippen LogP contribution < -0.4 is 5.73 Å². The third kappa shape index (κ3) is 2.97. The summed E-state index contributed by atoms with van der Waals surface area (Å²) in [6.07, 6.45) is 0.713. The van der Waals surface area contributed by atoms with Crippen LogP contribution in [0.2, 0.25) is 0 Å². The zero-order valence-electron chi connectivity index (χ0n) is 7.35.